The van der Waals surface area contributed by atoms with Crippen LogP contribution in [-0.2, 0) is 11.2 Å². The molecule has 3 heteroatoms. The van der Waals surface area contributed by atoms with Crippen molar-refractivity contribution in [3.8, 4) is 0 Å². The maximum atomic E-state index is 5.91. The van der Waals surface area contributed by atoms with Crippen molar-refractivity contribution in [2.45, 2.75) is 44.6 Å². The normalized spacial score (nSPS) is 20.6. The maximum Gasteiger partial charge on any atom is 0.0576 e. The van der Waals surface area contributed by atoms with Gasteiger partial charge in [0.15, 0.2) is 0 Å². The number of halogens is 1. The lowest BCUT2D eigenvalue weighted by Crippen LogP contribution is -2.17. The van der Waals surface area contributed by atoms with E-state index in [1.54, 1.807) is 0 Å². The van der Waals surface area contributed by atoms with E-state index in [0.717, 1.165) is 24.0 Å². The third-order valence-corrected chi connectivity index (χ3v) is 4.40. The highest BCUT2D eigenvalue weighted by Gasteiger charge is 2.16. The van der Waals surface area contributed by atoms with E-state index < -0.39 is 0 Å². The van der Waals surface area contributed by atoms with Crippen LogP contribution >= 0.6 is 15.9 Å². The van der Waals surface area contributed by atoms with Crippen LogP contribution in [0, 0.1) is 5.92 Å². The van der Waals surface area contributed by atoms with Gasteiger partial charge in [-0.15, -0.1) is 0 Å². The molecule has 2 N–H and O–H groups in total. The van der Waals surface area contributed by atoms with Gasteiger partial charge >= 0.3 is 0 Å². The second kappa shape index (κ2) is 8.03. The van der Waals surface area contributed by atoms with Gasteiger partial charge in [0.05, 0.1) is 6.10 Å². The first-order valence-electron chi connectivity index (χ1n) is 7.34. The first-order valence-corrected chi connectivity index (χ1v) is 8.13. The molecule has 2 rings (SSSR count). The number of ether oxygens (including phenoxy) is 1. The average molecular weight is 326 g/mol. The zero-order valence-electron chi connectivity index (χ0n) is 11.5. The predicted octanol–water partition coefficient (Wildman–Crippen LogP) is 3.92. The molecule has 0 saturated carbocycles. The second-order valence-electron chi connectivity index (χ2n) is 5.50. The number of hydrogen-bond acceptors (Lipinski definition) is 2. The molecule has 1 heterocycles. The summed E-state index contributed by atoms with van der Waals surface area (Å²) < 4.78 is 6.82. The molecule has 1 aromatic rings. The monoisotopic (exact) mass is 325 g/mol. The molecule has 1 aromatic carbocycles. The van der Waals surface area contributed by atoms with Gasteiger partial charge < -0.3 is 10.5 Å². The zero-order valence-corrected chi connectivity index (χ0v) is 13.1. The van der Waals surface area contributed by atoms with Gasteiger partial charge in [-0.3, -0.25) is 0 Å². The van der Waals surface area contributed by atoms with Crippen molar-refractivity contribution in [1.82, 2.24) is 0 Å². The van der Waals surface area contributed by atoms with Crippen molar-refractivity contribution in [2.24, 2.45) is 11.7 Å². The van der Waals surface area contributed by atoms with E-state index in [-0.39, 0.29) is 0 Å². The predicted molar refractivity (Wildman–Crippen MR) is 83.2 cm³/mol. The van der Waals surface area contributed by atoms with E-state index in [1.807, 2.05) is 0 Å². The third kappa shape index (κ3) is 5.25. The Bertz CT molecular complexity index is 377. The SMILES string of the molecule is NCC(CCCC1CCCO1)Cc1cccc(Br)c1. The first kappa shape index (κ1) is 15.0. The van der Waals surface area contributed by atoms with Gasteiger partial charge in [-0.1, -0.05) is 34.5 Å². The molecule has 0 amide bonds. The van der Waals surface area contributed by atoms with Gasteiger partial charge in [0.2, 0.25) is 0 Å². The van der Waals surface area contributed by atoms with Crippen LogP contribution in [-0.4, -0.2) is 19.3 Å². The molecule has 2 atom stereocenters. The quantitative estimate of drug-likeness (QED) is 0.824. The Morgan fingerprint density at radius 1 is 1.42 bits per heavy atom. The van der Waals surface area contributed by atoms with Crippen molar-refractivity contribution in [3.63, 3.8) is 0 Å². The minimum absolute atomic E-state index is 0.518. The van der Waals surface area contributed by atoms with E-state index in [4.69, 9.17) is 10.5 Å². The Morgan fingerprint density at radius 2 is 2.32 bits per heavy atom. The number of benzene rings is 1. The van der Waals surface area contributed by atoms with Gasteiger partial charge in [0.25, 0.3) is 0 Å². The van der Waals surface area contributed by atoms with Crippen LogP contribution in [0.1, 0.15) is 37.7 Å². The van der Waals surface area contributed by atoms with Crippen LogP contribution in [0.25, 0.3) is 0 Å². The van der Waals surface area contributed by atoms with Crippen LogP contribution < -0.4 is 5.73 Å². The summed E-state index contributed by atoms with van der Waals surface area (Å²) in [4.78, 5) is 0. The standard InChI is InChI=1S/C16H24BrNO/c17-15-6-1-4-13(11-15)10-14(12-18)5-2-7-16-8-3-9-19-16/h1,4,6,11,14,16H,2-3,5,7-10,12,18H2. The zero-order chi connectivity index (χ0) is 13.5. The fraction of sp³-hybridized carbons (Fsp3) is 0.625. The Morgan fingerprint density at radius 3 is 3.00 bits per heavy atom. The van der Waals surface area contributed by atoms with Crippen LogP contribution in [0.15, 0.2) is 28.7 Å². The maximum absolute atomic E-state index is 5.91. The lowest BCUT2D eigenvalue weighted by Gasteiger charge is -2.16. The molecular formula is C16H24BrNO. The van der Waals surface area contributed by atoms with Crippen molar-refractivity contribution in [2.75, 3.05) is 13.2 Å². The Kier molecular flexibility index (Phi) is 6.35. The summed E-state index contributed by atoms with van der Waals surface area (Å²) in [6.07, 6.45) is 7.74. The molecule has 0 bridgehead atoms. The summed E-state index contributed by atoms with van der Waals surface area (Å²) in [5.74, 6) is 0.593. The van der Waals surface area contributed by atoms with Crippen LogP contribution in [0.5, 0.6) is 0 Å². The summed E-state index contributed by atoms with van der Waals surface area (Å²) in [7, 11) is 0. The van der Waals surface area contributed by atoms with Gasteiger partial charge in [0, 0.05) is 11.1 Å². The molecule has 106 valence electrons. The second-order valence-corrected chi connectivity index (χ2v) is 6.42. The molecule has 2 nitrogen and oxygen atoms in total. The van der Waals surface area contributed by atoms with Crippen molar-refractivity contribution in [1.29, 1.82) is 0 Å². The minimum atomic E-state index is 0.518. The molecule has 0 aliphatic carbocycles. The van der Waals surface area contributed by atoms with Gasteiger partial charge in [-0.2, -0.15) is 0 Å². The summed E-state index contributed by atoms with van der Waals surface area (Å²) in [6.45, 7) is 1.74. The minimum Gasteiger partial charge on any atom is -0.378 e. The Hall–Kier alpha value is -0.380. The lowest BCUT2D eigenvalue weighted by molar-refractivity contribution is 0.101. The van der Waals surface area contributed by atoms with Gasteiger partial charge in [0.1, 0.15) is 0 Å². The molecule has 1 aliphatic heterocycles. The van der Waals surface area contributed by atoms with Crippen molar-refractivity contribution >= 4 is 15.9 Å². The largest absolute Gasteiger partial charge is 0.378 e. The molecule has 2 unspecified atom stereocenters. The molecular weight excluding hydrogens is 302 g/mol. The summed E-state index contributed by atoms with van der Waals surface area (Å²) in [5, 5.41) is 0. The average Bonchev–Trinajstić information content (AvgIpc) is 2.91. The summed E-state index contributed by atoms with van der Waals surface area (Å²) in [5.41, 5.74) is 7.29. The van der Waals surface area contributed by atoms with Crippen LogP contribution in [0.2, 0.25) is 0 Å². The highest BCUT2D eigenvalue weighted by molar-refractivity contribution is 9.10. The Labute approximate surface area is 124 Å². The number of hydrogen-bond donors (Lipinski definition) is 1. The van der Waals surface area contributed by atoms with Gasteiger partial charge in [-0.25, -0.2) is 0 Å². The molecule has 0 spiro atoms. The smallest absolute Gasteiger partial charge is 0.0576 e. The summed E-state index contributed by atoms with van der Waals surface area (Å²) >= 11 is 3.52. The molecule has 19 heavy (non-hydrogen) atoms. The van der Waals surface area contributed by atoms with Crippen LogP contribution in [0.3, 0.4) is 0 Å². The van der Waals surface area contributed by atoms with E-state index in [1.165, 1.54) is 37.7 Å². The molecule has 0 radical (unpaired) electrons. The number of nitrogens with two attached hydrogens (primary N) is 1. The highest BCUT2D eigenvalue weighted by atomic mass is 79.9. The molecule has 0 aromatic heterocycles. The Balaban J connectivity index is 1.73. The van der Waals surface area contributed by atoms with E-state index in [2.05, 4.69) is 40.2 Å². The fourth-order valence-electron chi connectivity index (χ4n) is 2.81. The van der Waals surface area contributed by atoms with Crippen LogP contribution in [0.4, 0.5) is 0 Å². The number of rotatable bonds is 7. The van der Waals surface area contributed by atoms with E-state index in [9.17, 15) is 0 Å². The third-order valence-electron chi connectivity index (χ3n) is 3.91. The molecule has 1 saturated heterocycles. The topological polar surface area (TPSA) is 35.2 Å². The van der Waals surface area contributed by atoms with E-state index >= 15 is 0 Å². The lowest BCUT2D eigenvalue weighted by atomic mass is 9.93. The van der Waals surface area contributed by atoms with E-state index in [0.29, 0.717) is 12.0 Å². The fourth-order valence-corrected chi connectivity index (χ4v) is 3.25. The highest BCUT2D eigenvalue weighted by Crippen LogP contribution is 2.21. The first-order chi connectivity index (χ1) is 9.28. The van der Waals surface area contributed by atoms with Gasteiger partial charge in [-0.05, 0) is 62.3 Å². The molecule has 1 aliphatic rings. The van der Waals surface area contributed by atoms with Crippen molar-refractivity contribution in [3.05, 3.63) is 34.3 Å². The molecule has 1 fully saturated rings. The summed E-state index contributed by atoms with van der Waals surface area (Å²) in [6, 6.07) is 8.55. The van der Waals surface area contributed by atoms with Crippen molar-refractivity contribution < 1.29 is 4.74 Å².